The van der Waals surface area contributed by atoms with Crippen molar-refractivity contribution in [3.05, 3.63) is 77.6 Å². The molecule has 0 radical (unpaired) electrons. The number of fused-ring (bicyclic) bond motifs is 4. The van der Waals surface area contributed by atoms with Gasteiger partial charge in [0.1, 0.15) is 23.1 Å². The number of hydrogen-bond donors (Lipinski definition) is 2. The molecule has 0 aliphatic carbocycles. The van der Waals surface area contributed by atoms with Crippen LogP contribution in [0.3, 0.4) is 0 Å². The number of rotatable bonds is 6. The van der Waals surface area contributed by atoms with Crippen LogP contribution in [0.25, 0.3) is 10.9 Å². The number of aryl methyl sites for hydroxylation is 1. The number of nitrogens with one attached hydrogen (secondary N) is 2. The maximum Gasteiger partial charge on any atom is 0.328 e. The number of imide groups is 1. The molecular weight excluding hydrogens is 456 g/mol. The quantitative estimate of drug-likeness (QED) is 0.407. The van der Waals surface area contributed by atoms with E-state index in [9.17, 15) is 9.59 Å². The van der Waals surface area contributed by atoms with Crippen LogP contribution in [0.15, 0.2) is 60.8 Å². The van der Waals surface area contributed by atoms with Crippen molar-refractivity contribution in [3.63, 3.8) is 0 Å². The third-order valence-electron chi connectivity index (χ3n) is 7.34. The van der Waals surface area contributed by atoms with Gasteiger partial charge in [-0.2, -0.15) is 5.10 Å². The van der Waals surface area contributed by atoms with Gasteiger partial charge in [0.25, 0.3) is 5.91 Å². The van der Waals surface area contributed by atoms with E-state index in [4.69, 9.17) is 4.74 Å². The van der Waals surface area contributed by atoms with Crippen molar-refractivity contribution < 1.29 is 14.3 Å². The topological polar surface area (TPSA) is 95.5 Å². The van der Waals surface area contributed by atoms with Gasteiger partial charge in [0.2, 0.25) is 0 Å². The monoisotopic (exact) mass is 484 g/mol. The Kier molecular flexibility index (Phi) is 5.03. The maximum absolute atomic E-state index is 13.9. The summed E-state index contributed by atoms with van der Waals surface area (Å²) in [5.74, 6) is 1.28. The SMILES string of the molecule is COc1ccc2[nH]c3c(c2c1)C[C@@]1(C)C(=O)N(CCNc2ccn(C)n2)C(=O)N1[C@@H]3c1ccccc1. The second kappa shape index (κ2) is 8.15. The number of amides is 3. The largest absolute Gasteiger partial charge is 0.497 e. The van der Waals surface area contributed by atoms with Crippen LogP contribution >= 0.6 is 0 Å². The van der Waals surface area contributed by atoms with Crippen molar-refractivity contribution >= 4 is 28.7 Å². The number of hydrogen-bond acceptors (Lipinski definition) is 5. The molecule has 0 unspecified atom stereocenters. The second-order valence-electron chi connectivity index (χ2n) is 9.60. The maximum atomic E-state index is 13.9. The van der Waals surface area contributed by atoms with E-state index < -0.39 is 11.6 Å². The normalized spacial score (nSPS) is 21.1. The Hall–Kier alpha value is -4.27. The fourth-order valence-corrected chi connectivity index (χ4v) is 5.60. The van der Waals surface area contributed by atoms with Crippen molar-refractivity contribution in [2.45, 2.75) is 24.9 Å². The van der Waals surface area contributed by atoms with Gasteiger partial charge in [0.05, 0.1) is 7.11 Å². The average molecular weight is 485 g/mol. The van der Waals surface area contributed by atoms with Crippen molar-refractivity contribution in [1.29, 1.82) is 0 Å². The predicted octanol–water partition coefficient (Wildman–Crippen LogP) is 3.69. The van der Waals surface area contributed by atoms with E-state index in [1.165, 1.54) is 4.90 Å². The van der Waals surface area contributed by atoms with Gasteiger partial charge < -0.3 is 15.0 Å². The van der Waals surface area contributed by atoms with Gasteiger partial charge in [-0.25, -0.2) is 4.79 Å². The minimum Gasteiger partial charge on any atom is -0.497 e. The molecule has 9 heteroatoms. The smallest absolute Gasteiger partial charge is 0.328 e. The second-order valence-corrected chi connectivity index (χ2v) is 9.60. The molecule has 2 N–H and O–H groups in total. The molecule has 2 atom stereocenters. The molecule has 3 amide bonds. The van der Waals surface area contributed by atoms with Crippen LogP contribution in [0.4, 0.5) is 10.6 Å². The summed E-state index contributed by atoms with van der Waals surface area (Å²) in [6.07, 6.45) is 2.26. The summed E-state index contributed by atoms with van der Waals surface area (Å²) in [7, 11) is 3.49. The van der Waals surface area contributed by atoms with Crippen LogP contribution in [-0.2, 0) is 18.3 Å². The van der Waals surface area contributed by atoms with E-state index in [1.54, 1.807) is 16.7 Å². The van der Waals surface area contributed by atoms with Gasteiger partial charge in [0, 0.05) is 55.4 Å². The van der Waals surface area contributed by atoms with E-state index in [2.05, 4.69) is 15.4 Å². The highest BCUT2D eigenvalue weighted by Crippen LogP contribution is 2.48. The third-order valence-corrected chi connectivity index (χ3v) is 7.34. The number of aromatic nitrogens is 3. The molecule has 1 saturated heterocycles. The lowest BCUT2D eigenvalue weighted by Gasteiger charge is -2.42. The third kappa shape index (κ3) is 3.26. The number of ether oxygens (including phenoxy) is 1. The van der Waals surface area contributed by atoms with Crippen molar-refractivity contribution in [2.75, 3.05) is 25.5 Å². The van der Waals surface area contributed by atoms with Gasteiger partial charge in [-0.05, 0) is 36.2 Å². The minimum absolute atomic E-state index is 0.181. The molecular formula is C27H28N6O3. The number of aromatic amines is 1. The summed E-state index contributed by atoms with van der Waals surface area (Å²) >= 11 is 0. The molecule has 9 nitrogen and oxygen atoms in total. The fraction of sp³-hybridized carbons (Fsp3) is 0.296. The van der Waals surface area contributed by atoms with Crippen molar-refractivity contribution in [3.8, 4) is 5.75 Å². The van der Waals surface area contributed by atoms with Gasteiger partial charge in [-0.15, -0.1) is 0 Å². The highest BCUT2D eigenvalue weighted by molar-refractivity contribution is 6.08. The number of carbonyl (C=O) groups excluding carboxylic acids is 2. The van der Waals surface area contributed by atoms with Crippen LogP contribution in [-0.4, -0.2) is 62.2 Å². The van der Waals surface area contributed by atoms with E-state index in [0.717, 1.165) is 33.5 Å². The number of H-pyrrole nitrogens is 1. The number of urea groups is 1. The number of nitrogens with zero attached hydrogens (tertiary/aromatic N) is 4. The molecule has 0 saturated carbocycles. The molecule has 0 bridgehead atoms. The molecule has 2 aromatic heterocycles. The Morgan fingerprint density at radius 3 is 2.69 bits per heavy atom. The summed E-state index contributed by atoms with van der Waals surface area (Å²) in [4.78, 5) is 34.4. The van der Waals surface area contributed by atoms with Crippen LogP contribution < -0.4 is 10.1 Å². The summed E-state index contributed by atoms with van der Waals surface area (Å²) in [6, 6.07) is 17.0. The van der Waals surface area contributed by atoms with Gasteiger partial charge in [-0.1, -0.05) is 30.3 Å². The van der Waals surface area contributed by atoms with Crippen LogP contribution in [0.5, 0.6) is 5.75 Å². The van der Waals surface area contributed by atoms with Gasteiger partial charge >= 0.3 is 6.03 Å². The lowest BCUT2D eigenvalue weighted by molar-refractivity contribution is -0.133. The zero-order valence-corrected chi connectivity index (χ0v) is 20.5. The molecule has 1 fully saturated rings. The first-order chi connectivity index (χ1) is 17.4. The molecule has 2 aliphatic heterocycles. The van der Waals surface area contributed by atoms with E-state index >= 15 is 0 Å². The highest BCUT2D eigenvalue weighted by Gasteiger charge is 2.60. The highest BCUT2D eigenvalue weighted by atomic mass is 16.5. The minimum atomic E-state index is -1.01. The Morgan fingerprint density at radius 2 is 1.97 bits per heavy atom. The number of methoxy groups -OCH3 is 1. The summed E-state index contributed by atoms with van der Waals surface area (Å²) in [5, 5.41) is 8.52. The first kappa shape index (κ1) is 22.2. The van der Waals surface area contributed by atoms with Gasteiger partial charge in [-0.3, -0.25) is 19.3 Å². The molecule has 4 aromatic rings. The van der Waals surface area contributed by atoms with Gasteiger partial charge in [0.15, 0.2) is 0 Å². The molecule has 0 spiro atoms. The van der Waals surface area contributed by atoms with E-state index in [0.29, 0.717) is 18.8 Å². The number of anilines is 1. The molecule has 36 heavy (non-hydrogen) atoms. The summed E-state index contributed by atoms with van der Waals surface area (Å²) in [5.41, 5.74) is 2.90. The Balaban J connectivity index is 1.41. The zero-order chi connectivity index (χ0) is 25.0. The standard InChI is InChI=1S/C27H28N6O3/c1-27-16-20-19-15-18(36-3)9-10-21(19)29-23(20)24(17-7-5-4-6-8-17)33(27)26(35)32(25(27)34)14-12-28-22-11-13-31(2)30-22/h4-11,13,15,24,29H,12,14,16H2,1-3H3,(H,28,30)/t24-,27+/m1/s1. The zero-order valence-electron chi connectivity index (χ0n) is 20.5. The molecule has 4 heterocycles. The summed E-state index contributed by atoms with van der Waals surface area (Å²) in [6.45, 7) is 2.56. The lowest BCUT2D eigenvalue weighted by atomic mass is 9.81. The first-order valence-electron chi connectivity index (χ1n) is 12.0. The van der Waals surface area contributed by atoms with Crippen LogP contribution in [0, 0.1) is 0 Å². The van der Waals surface area contributed by atoms with E-state index in [1.807, 2.05) is 74.8 Å². The fourth-order valence-electron chi connectivity index (χ4n) is 5.60. The van der Waals surface area contributed by atoms with Crippen molar-refractivity contribution in [1.82, 2.24) is 24.6 Å². The summed E-state index contributed by atoms with van der Waals surface area (Å²) < 4.78 is 7.18. The van der Waals surface area contributed by atoms with Crippen LogP contribution in [0.1, 0.15) is 29.8 Å². The Labute approximate surface area is 208 Å². The number of carbonyl (C=O) groups is 2. The van der Waals surface area contributed by atoms with E-state index in [-0.39, 0.29) is 18.5 Å². The molecule has 6 rings (SSSR count). The number of benzene rings is 2. The Bertz CT molecular complexity index is 1480. The lowest BCUT2D eigenvalue weighted by Crippen LogP contribution is -2.53. The average Bonchev–Trinajstić information content (AvgIpc) is 3.52. The molecule has 2 aliphatic rings. The first-order valence-corrected chi connectivity index (χ1v) is 12.0. The molecule has 2 aromatic carbocycles. The van der Waals surface area contributed by atoms with Crippen molar-refractivity contribution in [2.24, 2.45) is 7.05 Å². The Morgan fingerprint density at radius 1 is 1.17 bits per heavy atom. The molecule has 184 valence electrons. The predicted molar refractivity (Wildman–Crippen MR) is 136 cm³/mol. The van der Waals surface area contributed by atoms with Crippen LogP contribution in [0.2, 0.25) is 0 Å².